The smallest absolute Gasteiger partial charge is 0.191 e. The van der Waals surface area contributed by atoms with Crippen molar-refractivity contribution >= 4 is 29.9 Å². The van der Waals surface area contributed by atoms with Crippen molar-refractivity contribution in [2.75, 3.05) is 13.6 Å². The van der Waals surface area contributed by atoms with E-state index in [-0.39, 0.29) is 29.5 Å². The molecule has 0 unspecified atom stereocenters. The first-order chi connectivity index (χ1) is 7.95. The minimum atomic E-state index is 0. The van der Waals surface area contributed by atoms with Crippen molar-refractivity contribution in [3.05, 3.63) is 0 Å². The number of nitrogens with zero attached hydrogens (tertiary/aromatic N) is 1. The summed E-state index contributed by atoms with van der Waals surface area (Å²) in [5.41, 5.74) is 0.684. The Morgan fingerprint density at radius 3 is 2.22 bits per heavy atom. The van der Waals surface area contributed by atoms with E-state index in [4.69, 9.17) is 0 Å². The summed E-state index contributed by atoms with van der Waals surface area (Å²) in [6.07, 6.45) is 7.15. The van der Waals surface area contributed by atoms with Gasteiger partial charge in [0, 0.05) is 19.1 Å². The Balaban J connectivity index is 0.00000162. The van der Waals surface area contributed by atoms with E-state index in [9.17, 15) is 0 Å². The van der Waals surface area contributed by atoms with Crippen molar-refractivity contribution < 1.29 is 0 Å². The first-order valence-electron chi connectivity index (χ1n) is 6.94. The molecule has 3 nitrogen and oxygen atoms in total. The zero-order valence-electron chi connectivity index (χ0n) is 12.2. The lowest BCUT2D eigenvalue weighted by Gasteiger charge is -2.43. The van der Waals surface area contributed by atoms with Crippen LogP contribution < -0.4 is 10.6 Å². The van der Waals surface area contributed by atoms with E-state index in [1.807, 2.05) is 7.05 Å². The van der Waals surface area contributed by atoms with Gasteiger partial charge in [-0.25, -0.2) is 0 Å². The Kier molecular flexibility index (Phi) is 5.32. The van der Waals surface area contributed by atoms with Gasteiger partial charge in [0.25, 0.3) is 0 Å². The molecule has 2 aliphatic carbocycles. The van der Waals surface area contributed by atoms with Crippen LogP contribution in [-0.4, -0.2) is 25.1 Å². The minimum absolute atomic E-state index is 0. The molecule has 0 spiro atoms. The third-order valence-corrected chi connectivity index (χ3v) is 4.12. The molecule has 18 heavy (non-hydrogen) atoms. The molecular weight excluding hydrogens is 337 g/mol. The summed E-state index contributed by atoms with van der Waals surface area (Å²) < 4.78 is 0. The van der Waals surface area contributed by atoms with Crippen LogP contribution in [0.3, 0.4) is 0 Å². The molecule has 0 amide bonds. The summed E-state index contributed by atoms with van der Waals surface area (Å²) in [5, 5.41) is 6.95. The van der Waals surface area contributed by atoms with Crippen LogP contribution in [0.4, 0.5) is 0 Å². The van der Waals surface area contributed by atoms with Crippen molar-refractivity contribution in [3.63, 3.8) is 0 Å². The molecule has 2 fully saturated rings. The first kappa shape index (κ1) is 16.1. The van der Waals surface area contributed by atoms with Gasteiger partial charge >= 0.3 is 0 Å². The number of aliphatic imine (C=N–C) groups is 1. The zero-order chi connectivity index (χ0) is 12.5. The van der Waals surface area contributed by atoms with Gasteiger partial charge in [-0.1, -0.05) is 6.42 Å². The summed E-state index contributed by atoms with van der Waals surface area (Å²) in [6, 6.07) is 0. The van der Waals surface area contributed by atoms with Gasteiger partial charge in [-0.05, 0) is 57.8 Å². The minimum Gasteiger partial charge on any atom is -0.356 e. The largest absolute Gasteiger partial charge is 0.356 e. The van der Waals surface area contributed by atoms with Crippen LogP contribution in [0.25, 0.3) is 0 Å². The summed E-state index contributed by atoms with van der Waals surface area (Å²) in [6.45, 7) is 7.60. The molecule has 0 aromatic heterocycles. The maximum atomic E-state index is 4.31. The van der Waals surface area contributed by atoms with Crippen molar-refractivity contribution in [2.24, 2.45) is 16.3 Å². The van der Waals surface area contributed by atoms with Gasteiger partial charge in [0.1, 0.15) is 0 Å². The second-order valence-corrected chi connectivity index (χ2v) is 6.79. The third kappa shape index (κ3) is 4.00. The topological polar surface area (TPSA) is 36.4 Å². The number of hydrogen-bond acceptors (Lipinski definition) is 1. The van der Waals surface area contributed by atoms with Gasteiger partial charge in [-0.15, -0.1) is 24.0 Å². The standard InChI is InChI=1S/C14H27N3.HI/c1-13(2,3)17-12(15-4)16-10-14(8-5-9-14)11-6-7-11;/h11H,5-10H2,1-4H3,(H2,15,16,17);1H. The van der Waals surface area contributed by atoms with E-state index in [1.165, 1.54) is 32.1 Å². The molecule has 2 aliphatic rings. The van der Waals surface area contributed by atoms with Crippen LogP contribution in [0.2, 0.25) is 0 Å². The molecule has 0 aliphatic heterocycles. The van der Waals surface area contributed by atoms with E-state index in [0.717, 1.165) is 18.4 Å². The van der Waals surface area contributed by atoms with E-state index in [2.05, 4.69) is 36.4 Å². The highest BCUT2D eigenvalue weighted by Gasteiger charge is 2.48. The zero-order valence-corrected chi connectivity index (χ0v) is 14.5. The molecule has 4 heteroatoms. The third-order valence-electron chi connectivity index (χ3n) is 4.12. The van der Waals surface area contributed by atoms with Gasteiger partial charge in [0.15, 0.2) is 5.96 Å². The fraction of sp³-hybridized carbons (Fsp3) is 0.929. The van der Waals surface area contributed by atoms with Crippen LogP contribution in [0, 0.1) is 11.3 Å². The summed E-state index contributed by atoms with van der Waals surface area (Å²) in [7, 11) is 1.85. The Morgan fingerprint density at radius 2 is 1.89 bits per heavy atom. The maximum absolute atomic E-state index is 4.31. The van der Waals surface area contributed by atoms with Crippen molar-refractivity contribution in [3.8, 4) is 0 Å². The molecule has 0 aromatic rings. The van der Waals surface area contributed by atoms with E-state index < -0.39 is 0 Å². The summed E-state index contributed by atoms with van der Waals surface area (Å²) >= 11 is 0. The Labute approximate surface area is 129 Å². The Morgan fingerprint density at radius 1 is 1.28 bits per heavy atom. The van der Waals surface area contributed by atoms with E-state index >= 15 is 0 Å². The molecule has 2 rings (SSSR count). The summed E-state index contributed by atoms with van der Waals surface area (Å²) in [5.74, 6) is 1.95. The maximum Gasteiger partial charge on any atom is 0.191 e. The molecule has 106 valence electrons. The number of guanidine groups is 1. The van der Waals surface area contributed by atoms with Crippen LogP contribution in [0.5, 0.6) is 0 Å². The highest BCUT2D eigenvalue weighted by molar-refractivity contribution is 14.0. The molecule has 0 aromatic carbocycles. The SMILES string of the molecule is CN=C(NCC1(C2CC2)CCC1)NC(C)(C)C.I. The van der Waals surface area contributed by atoms with E-state index in [0.29, 0.717) is 5.41 Å². The Hall–Kier alpha value is 0. The van der Waals surface area contributed by atoms with Gasteiger partial charge in [0.2, 0.25) is 0 Å². The predicted molar refractivity (Wildman–Crippen MR) is 88.7 cm³/mol. The molecular formula is C14H28IN3. The second-order valence-electron chi connectivity index (χ2n) is 6.79. The molecule has 0 atom stereocenters. The van der Waals surface area contributed by atoms with E-state index in [1.54, 1.807) is 0 Å². The highest BCUT2D eigenvalue weighted by atomic mass is 127. The lowest BCUT2D eigenvalue weighted by Crippen LogP contribution is -2.52. The number of halogens is 1. The quantitative estimate of drug-likeness (QED) is 0.458. The second kappa shape index (κ2) is 5.97. The average Bonchev–Trinajstić information content (AvgIpc) is 2.96. The Bertz CT molecular complexity index is 299. The summed E-state index contributed by atoms with van der Waals surface area (Å²) in [4.78, 5) is 4.31. The average molecular weight is 365 g/mol. The molecule has 0 saturated heterocycles. The molecule has 0 radical (unpaired) electrons. The number of nitrogens with one attached hydrogen (secondary N) is 2. The molecule has 2 saturated carbocycles. The first-order valence-corrected chi connectivity index (χ1v) is 6.94. The number of hydrogen-bond donors (Lipinski definition) is 2. The predicted octanol–water partition coefficient (Wildman–Crippen LogP) is 3.15. The van der Waals surface area contributed by atoms with Gasteiger partial charge in [-0.3, -0.25) is 4.99 Å². The van der Waals surface area contributed by atoms with Gasteiger partial charge < -0.3 is 10.6 Å². The van der Waals surface area contributed by atoms with Crippen molar-refractivity contribution in [2.45, 2.75) is 58.4 Å². The van der Waals surface area contributed by atoms with Gasteiger partial charge in [-0.2, -0.15) is 0 Å². The lowest BCUT2D eigenvalue weighted by molar-refractivity contribution is 0.105. The fourth-order valence-corrected chi connectivity index (χ4v) is 2.85. The van der Waals surface area contributed by atoms with Crippen LogP contribution in [-0.2, 0) is 0 Å². The highest BCUT2D eigenvalue weighted by Crippen LogP contribution is 2.56. The normalized spacial score (nSPS) is 22.8. The van der Waals surface area contributed by atoms with Gasteiger partial charge in [0.05, 0.1) is 0 Å². The van der Waals surface area contributed by atoms with Crippen LogP contribution in [0.1, 0.15) is 52.9 Å². The monoisotopic (exact) mass is 365 g/mol. The number of rotatable bonds is 3. The van der Waals surface area contributed by atoms with Crippen molar-refractivity contribution in [1.29, 1.82) is 0 Å². The van der Waals surface area contributed by atoms with Crippen LogP contribution in [0.15, 0.2) is 4.99 Å². The van der Waals surface area contributed by atoms with Crippen molar-refractivity contribution in [1.82, 2.24) is 10.6 Å². The lowest BCUT2D eigenvalue weighted by atomic mass is 9.65. The van der Waals surface area contributed by atoms with Crippen LogP contribution >= 0.6 is 24.0 Å². The molecule has 0 bridgehead atoms. The molecule has 2 N–H and O–H groups in total. The molecule has 0 heterocycles. The fourth-order valence-electron chi connectivity index (χ4n) is 2.85.